The lowest BCUT2D eigenvalue weighted by molar-refractivity contribution is -0.148. The second-order valence-corrected chi connectivity index (χ2v) is 7.35. The Bertz CT molecular complexity index is 1000. The van der Waals surface area contributed by atoms with E-state index in [4.69, 9.17) is 9.15 Å². The van der Waals surface area contributed by atoms with E-state index in [1.165, 1.54) is 12.1 Å². The average molecular weight is 387 g/mol. The minimum absolute atomic E-state index is 0.0650. The highest BCUT2D eigenvalue weighted by Gasteiger charge is 2.21. The molecule has 1 heterocycles. The van der Waals surface area contributed by atoms with Gasteiger partial charge in [-0.25, -0.2) is 8.42 Å². The zero-order valence-corrected chi connectivity index (χ0v) is 15.2. The molecule has 0 aliphatic rings. The van der Waals surface area contributed by atoms with Crippen LogP contribution in [-0.2, 0) is 19.6 Å². The van der Waals surface area contributed by atoms with Gasteiger partial charge < -0.3 is 9.15 Å². The molecule has 0 amide bonds. The van der Waals surface area contributed by atoms with Crippen molar-refractivity contribution in [1.29, 1.82) is 0 Å². The van der Waals surface area contributed by atoms with Crippen molar-refractivity contribution >= 4 is 16.0 Å². The van der Waals surface area contributed by atoms with E-state index in [0.717, 1.165) is 5.56 Å². The van der Waals surface area contributed by atoms with Crippen molar-refractivity contribution in [1.82, 2.24) is 14.9 Å². The fraction of sp³-hybridized carbons (Fsp3) is 0.167. The summed E-state index contributed by atoms with van der Waals surface area (Å²) >= 11 is 0. The molecule has 9 heteroatoms. The zero-order valence-electron chi connectivity index (χ0n) is 14.4. The Morgan fingerprint density at radius 1 is 1.07 bits per heavy atom. The molecule has 3 rings (SSSR count). The summed E-state index contributed by atoms with van der Waals surface area (Å²) in [4.78, 5) is 12.0. The van der Waals surface area contributed by atoms with E-state index in [-0.39, 0.29) is 10.8 Å². The number of aromatic nitrogens is 2. The van der Waals surface area contributed by atoms with Crippen LogP contribution in [-0.4, -0.2) is 31.1 Å². The first-order valence-electron chi connectivity index (χ1n) is 8.09. The van der Waals surface area contributed by atoms with Crippen LogP contribution in [0.2, 0.25) is 0 Å². The zero-order chi connectivity index (χ0) is 19.3. The van der Waals surface area contributed by atoms with Gasteiger partial charge in [-0.05, 0) is 31.2 Å². The first-order chi connectivity index (χ1) is 13.0. The molecular weight excluding hydrogens is 370 g/mol. The van der Waals surface area contributed by atoms with Gasteiger partial charge in [0, 0.05) is 5.56 Å². The Kier molecular flexibility index (Phi) is 5.63. The van der Waals surface area contributed by atoms with Gasteiger partial charge in [0.15, 0.2) is 6.10 Å². The summed E-state index contributed by atoms with van der Waals surface area (Å²) in [5, 5.41) is 7.79. The fourth-order valence-electron chi connectivity index (χ4n) is 2.22. The molecule has 0 radical (unpaired) electrons. The number of carbonyl (C=O) groups is 1. The lowest BCUT2D eigenvalue weighted by atomic mass is 10.2. The second kappa shape index (κ2) is 8.11. The summed E-state index contributed by atoms with van der Waals surface area (Å²) in [5.41, 5.74) is 0.741. The van der Waals surface area contributed by atoms with Gasteiger partial charge in [-0.15, -0.1) is 10.2 Å². The van der Waals surface area contributed by atoms with E-state index in [1.54, 1.807) is 25.1 Å². The van der Waals surface area contributed by atoms with E-state index in [0.29, 0.717) is 5.89 Å². The molecule has 0 saturated carbocycles. The highest BCUT2D eigenvalue weighted by Crippen LogP contribution is 2.22. The number of benzene rings is 2. The predicted molar refractivity (Wildman–Crippen MR) is 95.9 cm³/mol. The van der Waals surface area contributed by atoms with E-state index >= 15 is 0 Å². The summed E-state index contributed by atoms with van der Waals surface area (Å²) in [6.45, 7) is 1.05. The van der Waals surface area contributed by atoms with Gasteiger partial charge in [-0.3, -0.25) is 4.79 Å². The largest absolute Gasteiger partial charge is 0.452 e. The summed E-state index contributed by atoms with van der Waals surface area (Å²) < 4.78 is 37.0. The van der Waals surface area contributed by atoms with E-state index < -0.39 is 28.6 Å². The molecule has 1 aromatic heterocycles. The molecule has 3 aromatic rings. The summed E-state index contributed by atoms with van der Waals surface area (Å²) in [6.07, 6.45) is -0.816. The van der Waals surface area contributed by atoms with Crippen LogP contribution in [0.25, 0.3) is 11.5 Å². The molecule has 1 N–H and O–H groups in total. The van der Waals surface area contributed by atoms with Crippen molar-refractivity contribution in [2.24, 2.45) is 0 Å². The third-order valence-corrected chi connectivity index (χ3v) is 4.99. The number of nitrogens with one attached hydrogen (secondary N) is 1. The van der Waals surface area contributed by atoms with E-state index in [1.807, 2.05) is 30.3 Å². The highest BCUT2D eigenvalue weighted by atomic mass is 32.2. The molecule has 0 bridgehead atoms. The van der Waals surface area contributed by atoms with Gasteiger partial charge in [0.1, 0.15) is 6.54 Å². The third-order valence-electron chi connectivity index (χ3n) is 3.58. The van der Waals surface area contributed by atoms with Crippen LogP contribution in [0.4, 0.5) is 0 Å². The van der Waals surface area contributed by atoms with Gasteiger partial charge in [0.2, 0.25) is 15.9 Å². The van der Waals surface area contributed by atoms with Gasteiger partial charge >= 0.3 is 5.97 Å². The highest BCUT2D eigenvalue weighted by molar-refractivity contribution is 7.89. The van der Waals surface area contributed by atoms with Crippen LogP contribution in [0.1, 0.15) is 18.9 Å². The van der Waals surface area contributed by atoms with Gasteiger partial charge in [-0.2, -0.15) is 4.72 Å². The Morgan fingerprint density at radius 3 is 2.37 bits per heavy atom. The topological polar surface area (TPSA) is 111 Å². The first-order valence-corrected chi connectivity index (χ1v) is 9.57. The normalized spacial score (nSPS) is 12.5. The summed E-state index contributed by atoms with van der Waals surface area (Å²) in [5.74, 6) is -0.340. The number of esters is 1. The minimum Gasteiger partial charge on any atom is -0.452 e. The number of ether oxygens (including phenoxy) is 1. The van der Waals surface area contributed by atoms with Crippen LogP contribution < -0.4 is 4.72 Å². The average Bonchev–Trinajstić information content (AvgIpc) is 3.18. The lowest BCUT2D eigenvalue weighted by Crippen LogP contribution is -2.31. The Hall–Kier alpha value is -3.04. The molecular formula is C18H17N3O5S. The third kappa shape index (κ3) is 4.78. The Morgan fingerprint density at radius 2 is 1.70 bits per heavy atom. The smallest absolute Gasteiger partial charge is 0.321 e. The van der Waals surface area contributed by atoms with Gasteiger partial charge in [0.05, 0.1) is 4.90 Å². The lowest BCUT2D eigenvalue weighted by Gasteiger charge is -2.10. The number of rotatable bonds is 7. The quantitative estimate of drug-likeness (QED) is 0.619. The molecule has 140 valence electrons. The standard InChI is InChI=1S/C18H17N3O5S/c1-13(17-20-21-18(26-17)14-8-4-2-5-9-14)25-16(22)12-19-27(23,24)15-10-6-3-7-11-15/h2-11,13,19H,12H2,1H3. The molecule has 0 aliphatic heterocycles. The summed E-state index contributed by atoms with van der Waals surface area (Å²) in [6, 6.07) is 16.9. The Labute approximate surface area is 156 Å². The van der Waals surface area contributed by atoms with Crippen molar-refractivity contribution < 1.29 is 22.4 Å². The van der Waals surface area contributed by atoms with Crippen LogP contribution >= 0.6 is 0 Å². The first kappa shape index (κ1) is 18.7. The van der Waals surface area contributed by atoms with Crippen molar-refractivity contribution in [3.8, 4) is 11.5 Å². The molecule has 1 unspecified atom stereocenters. The van der Waals surface area contributed by atoms with Crippen molar-refractivity contribution in [2.75, 3.05) is 6.54 Å². The number of nitrogens with zero attached hydrogens (tertiary/aromatic N) is 2. The van der Waals surface area contributed by atoms with Crippen LogP contribution in [0, 0.1) is 0 Å². The maximum atomic E-state index is 12.1. The van der Waals surface area contributed by atoms with Crippen molar-refractivity contribution in [3.05, 3.63) is 66.6 Å². The van der Waals surface area contributed by atoms with Crippen LogP contribution in [0.15, 0.2) is 70.0 Å². The second-order valence-electron chi connectivity index (χ2n) is 5.58. The number of sulfonamides is 1. The molecule has 0 spiro atoms. The van der Waals surface area contributed by atoms with Crippen molar-refractivity contribution in [2.45, 2.75) is 17.9 Å². The number of hydrogen-bond donors (Lipinski definition) is 1. The van der Waals surface area contributed by atoms with Gasteiger partial charge in [0.25, 0.3) is 5.89 Å². The number of carbonyl (C=O) groups excluding carboxylic acids is 1. The van der Waals surface area contributed by atoms with E-state index in [9.17, 15) is 13.2 Å². The molecule has 0 aliphatic carbocycles. The van der Waals surface area contributed by atoms with Gasteiger partial charge in [-0.1, -0.05) is 36.4 Å². The SMILES string of the molecule is CC(OC(=O)CNS(=O)(=O)c1ccccc1)c1nnc(-c2ccccc2)o1. The minimum atomic E-state index is -3.79. The molecule has 0 saturated heterocycles. The van der Waals surface area contributed by atoms with Crippen LogP contribution in [0.5, 0.6) is 0 Å². The number of hydrogen-bond acceptors (Lipinski definition) is 7. The van der Waals surface area contributed by atoms with Crippen LogP contribution in [0.3, 0.4) is 0 Å². The predicted octanol–water partition coefficient (Wildman–Crippen LogP) is 2.32. The monoisotopic (exact) mass is 387 g/mol. The molecule has 1 atom stereocenters. The molecule has 8 nitrogen and oxygen atoms in total. The summed E-state index contributed by atoms with van der Waals surface area (Å²) in [7, 11) is -3.79. The maximum absolute atomic E-state index is 12.1. The molecule has 2 aromatic carbocycles. The molecule has 0 fully saturated rings. The Balaban J connectivity index is 1.57. The maximum Gasteiger partial charge on any atom is 0.321 e. The van der Waals surface area contributed by atoms with E-state index in [2.05, 4.69) is 14.9 Å². The van der Waals surface area contributed by atoms with Crippen molar-refractivity contribution in [3.63, 3.8) is 0 Å². The molecule has 27 heavy (non-hydrogen) atoms. The fourth-order valence-corrected chi connectivity index (χ4v) is 3.21.